The van der Waals surface area contributed by atoms with Gasteiger partial charge < -0.3 is 14.4 Å². The fourth-order valence-electron chi connectivity index (χ4n) is 1.85. The summed E-state index contributed by atoms with van der Waals surface area (Å²) < 4.78 is 50.4. The first-order chi connectivity index (χ1) is 11.0. The van der Waals surface area contributed by atoms with Gasteiger partial charge in [-0.25, -0.2) is 17.6 Å². The number of aromatic carboxylic acids is 1. The molecule has 0 aromatic heterocycles. The van der Waals surface area contributed by atoms with Crippen molar-refractivity contribution in [2.24, 2.45) is 0 Å². The van der Waals surface area contributed by atoms with E-state index >= 15 is 0 Å². The van der Waals surface area contributed by atoms with Gasteiger partial charge in [0.1, 0.15) is 6.54 Å². The number of rotatable bonds is 3. The van der Waals surface area contributed by atoms with E-state index in [9.17, 15) is 27.5 Å². The topological polar surface area (TPSA) is 40.1 Å². The molecule has 24 heavy (non-hydrogen) atoms. The molecule has 2 rings (SSSR count). The summed E-state index contributed by atoms with van der Waals surface area (Å²) in [5.74, 6) is -10.1. The summed E-state index contributed by atoms with van der Waals surface area (Å²) in [4.78, 5) is 10.0. The van der Waals surface area contributed by atoms with Crippen LogP contribution in [0, 0.1) is 23.3 Å². The highest BCUT2D eigenvalue weighted by molar-refractivity contribution is 5.86. The van der Waals surface area contributed by atoms with Crippen molar-refractivity contribution in [1.82, 2.24) is 0 Å². The lowest BCUT2D eigenvalue weighted by atomic mass is 10.2. The molecule has 0 atom stereocenters. The molecule has 3 nitrogen and oxygen atoms in total. The molecule has 0 amide bonds. The molecule has 0 aliphatic heterocycles. The molecule has 2 aromatic carbocycles. The molecule has 0 saturated carbocycles. The van der Waals surface area contributed by atoms with Crippen LogP contribution in [0.1, 0.15) is 15.9 Å². The predicted molar refractivity (Wildman–Crippen MR) is 78.8 cm³/mol. The lowest BCUT2D eigenvalue weighted by molar-refractivity contribution is -0.884. The third-order valence-corrected chi connectivity index (χ3v) is 2.82. The largest absolute Gasteiger partial charge is 0.545 e. The Kier molecular flexibility index (Phi) is 6.48. The molecular formula is C17H17F4NO2. The summed E-state index contributed by atoms with van der Waals surface area (Å²) in [5, 5.41) is 10.0. The SMILES string of the molecule is C[N+](C)(C)Cc1ccccc1.O=C([O-])c1cc(F)c(F)c(F)c1F. The molecule has 0 radical (unpaired) electrons. The van der Waals surface area contributed by atoms with Gasteiger partial charge in [-0.15, -0.1) is 0 Å². The number of nitrogens with zero attached hydrogens (tertiary/aromatic N) is 1. The third kappa shape index (κ3) is 5.66. The molecule has 0 spiro atoms. The molecule has 0 bridgehead atoms. The average molecular weight is 343 g/mol. The summed E-state index contributed by atoms with van der Waals surface area (Å²) in [6.45, 7) is 1.10. The maximum absolute atomic E-state index is 12.5. The second-order valence-corrected chi connectivity index (χ2v) is 6.07. The first kappa shape index (κ1) is 19.6. The monoisotopic (exact) mass is 343 g/mol. The standard InChI is InChI=1S/C10H16N.C7H2F4O2/c1-11(2,3)9-10-7-5-4-6-8-10;8-3-1-2(7(12)13)4(9)6(11)5(3)10/h4-8H,9H2,1-3H3;1H,(H,12,13)/q+1;/p-1. The maximum Gasteiger partial charge on any atom is 0.198 e. The van der Waals surface area contributed by atoms with Crippen LogP contribution >= 0.6 is 0 Å². The third-order valence-electron chi connectivity index (χ3n) is 2.82. The van der Waals surface area contributed by atoms with Crippen LogP contribution in [-0.2, 0) is 6.54 Å². The predicted octanol–water partition coefficient (Wildman–Crippen LogP) is 2.50. The zero-order valence-electron chi connectivity index (χ0n) is 13.4. The second-order valence-electron chi connectivity index (χ2n) is 6.07. The van der Waals surface area contributed by atoms with Gasteiger partial charge in [0.15, 0.2) is 23.3 Å². The molecule has 0 aliphatic carbocycles. The Morgan fingerprint density at radius 3 is 1.96 bits per heavy atom. The zero-order valence-corrected chi connectivity index (χ0v) is 13.4. The number of carbonyl (C=O) groups excluding carboxylic acids is 1. The van der Waals surface area contributed by atoms with E-state index in [1.807, 2.05) is 0 Å². The molecule has 2 aromatic rings. The highest BCUT2D eigenvalue weighted by Crippen LogP contribution is 2.17. The summed E-state index contributed by atoms with van der Waals surface area (Å²) in [7, 11) is 6.60. The Morgan fingerprint density at radius 1 is 0.958 bits per heavy atom. The number of carboxylic acids is 1. The summed E-state index contributed by atoms with van der Waals surface area (Å²) >= 11 is 0. The van der Waals surface area contributed by atoms with Crippen molar-refractivity contribution in [2.45, 2.75) is 6.54 Å². The molecule has 130 valence electrons. The number of halogens is 4. The van der Waals surface area contributed by atoms with E-state index in [0.717, 1.165) is 11.0 Å². The van der Waals surface area contributed by atoms with Gasteiger partial charge in [0, 0.05) is 11.1 Å². The second kappa shape index (κ2) is 7.92. The van der Waals surface area contributed by atoms with Crippen molar-refractivity contribution in [3.63, 3.8) is 0 Å². The van der Waals surface area contributed by atoms with Crippen molar-refractivity contribution in [2.75, 3.05) is 21.1 Å². The molecule has 7 heteroatoms. The van der Waals surface area contributed by atoms with Gasteiger partial charge in [-0.1, -0.05) is 30.3 Å². The van der Waals surface area contributed by atoms with Gasteiger partial charge in [0.25, 0.3) is 0 Å². The number of quaternary nitrogens is 1. The van der Waals surface area contributed by atoms with E-state index in [0.29, 0.717) is 0 Å². The van der Waals surface area contributed by atoms with Crippen molar-refractivity contribution in [3.8, 4) is 0 Å². The normalized spacial score (nSPS) is 10.8. The first-order valence-electron chi connectivity index (χ1n) is 6.91. The fraction of sp³-hybridized carbons (Fsp3) is 0.235. The minimum Gasteiger partial charge on any atom is -0.545 e. The van der Waals surface area contributed by atoms with Gasteiger partial charge >= 0.3 is 0 Å². The van der Waals surface area contributed by atoms with E-state index in [-0.39, 0.29) is 6.07 Å². The number of benzene rings is 2. The summed E-state index contributed by atoms with van der Waals surface area (Å²) in [6, 6.07) is 10.6. The Balaban J connectivity index is 0.000000243. The highest BCUT2D eigenvalue weighted by atomic mass is 19.2. The lowest BCUT2D eigenvalue weighted by Crippen LogP contribution is -2.33. The van der Waals surface area contributed by atoms with E-state index in [2.05, 4.69) is 51.5 Å². The minimum atomic E-state index is -2.17. The zero-order chi connectivity index (χ0) is 18.5. The fourth-order valence-corrected chi connectivity index (χ4v) is 1.85. The van der Waals surface area contributed by atoms with Crippen molar-refractivity contribution >= 4 is 5.97 Å². The van der Waals surface area contributed by atoms with Crippen LogP contribution in [0.5, 0.6) is 0 Å². The lowest BCUT2D eigenvalue weighted by Gasteiger charge is -2.23. The van der Waals surface area contributed by atoms with E-state index in [4.69, 9.17) is 0 Å². The van der Waals surface area contributed by atoms with Crippen molar-refractivity contribution < 1.29 is 31.9 Å². The molecule has 0 fully saturated rings. The maximum atomic E-state index is 12.5. The smallest absolute Gasteiger partial charge is 0.198 e. The molecule has 0 unspecified atom stereocenters. The van der Waals surface area contributed by atoms with E-state index in [1.54, 1.807) is 0 Å². The van der Waals surface area contributed by atoms with Crippen LogP contribution < -0.4 is 5.11 Å². The Hall–Kier alpha value is -2.41. The van der Waals surface area contributed by atoms with Crippen molar-refractivity contribution in [3.05, 3.63) is 70.8 Å². The summed E-state index contributed by atoms with van der Waals surface area (Å²) in [6.07, 6.45) is 0. The van der Waals surface area contributed by atoms with Crippen LogP contribution in [-0.4, -0.2) is 31.6 Å². The van der Waals surface area contributed by atoms with E-state index in [1.165, 1.54) is 5.56 Å². The number of carbonyl (C=O) groups is 1. The Labute approximate surface area is 137 Å². The van der Waals surface area contributed by atoms with Gasteiger partial charge in [-0.05, 0) is 6.07 Å². The van der Waals surface area contributed by atoms with Crippen LogP contribution in [0.3, 0.4) is 0 Å². The van der Waals surface area contributed by atoms with Gasteiger partial charge in [-0.2, -0.15) is 0 Å². The summed E-state index contributed by atoms with van der Waals surface area (Å²) in [5.41, 5.74) is 0.0522. The molecule has 0 heterocycles. The van der Waals surface area contributed by atoms with Crippen LogP contribution in [0.2, 0.25) is 0 Å². The van der Waals surface area contributed by atoms with Gasteiger partial charge in [-0.3, -0.25) is 0 Å². The van der Waals surface area contributed by atoms with Crippen molar-refractivity contribution in [1.29, 1.82) is 0 Å². The van der Waals surface area contributed by atoms with Crippen LogP contribution in [0.25, 0.3) is 0 Å². The van der Waals surface area contributed by atoms with Crippen LogP contribution in [0.15, 0.2) is 36.4 Å². The molecular weight excluding hydrogens is 326 g/mol. The number of hydrogen-bond acceptors (Lipinski definition) is 2. The molecule has 0 aliphatic rings. The quantitative estimate of drug-likeness (QED) is 0.372. The van der Waals surface area contributed by atoms with Crippen LogP contribution in [0.4, 0.5) is 17.6 Å². The Bertz CT molecular complexity index is 713. The number of hydrogen-bond donors (Lipinski definition) is 0. The number of carboxylic acid groups (broad SMARTS) is 1. The molecule has 0 N–H and O–H groups in total. The van der Waals surface area contributed by atoms with E-state index < -0.39 is 34.8 Å². The van der Waals surface area contributed by atoms with Gasteiger partial charge in [0.2, 0.25) is 0 Å². The molecule has 0 saturated heterocycles. The minimum absolute atomic E-state index is 0.0169. The highest BCUT2D eigenvalue weighted by Gasteiger charge is 2.18. The Morgan fingerprint density at radius 2 is 1.50 bits per heavy atom. The van der Waals surface area contributed by atoms with Gasteiger partial charge in [0.05, 0.1) is 27.1 Å². The first-order valence-corrected chi connectivity index (χ1v) is 6.91. The average Bonchev–Trinajstić information content (AvgIpc) is 2.48.